The van der Waals surface area contributed by atoms with Crippen molar-refractivity contribution in [2.24, 2.45) is 11.8 Å². The number of carbonyl (C=O) groups excluding carboxylic acids is 1. The first kappa shape index (κ1) is 21.3. The second kappa shape index (κ2) is 7.95. The fraction of sp³-hybridized carbons (Fsp3) is 0.524. The SMILES string of the molecule is C[C@H]1CC[C@H]2[C@H](C1)c1sc(=O)n(CC(=O)Nc3ccc(Cl)c(Cl)c3)c1SC2(C)C. The molecule has 2 aromatic rings. The summed E-state index contributed by atoms with van der Waals surface area (Å²) in [6.07, 6.45) is 3.58. The molecule has 29 heavy (non-hydrogen) atoms. The maximum atomic E-state index is 12.8. The third kappa shape index (κ3) is 4.14. The average Bonchev–Trinajstić information content (AvgIpc) is 2.93. The van der Waals surface area contributed by atoms with Gasteiger partial charge in [-0.15, -0.1) is 11.8 Å². The van der Waals surface area contributed by atoms with E-state index in [1.807, 2.05) is 0 Å². The smallest absolute Gasteiger partial charge is 0.308 e. The molecule has 1 amide bonds. The number of hydrogen-bond acceptors (Lipinski definition) is 4. The van der Waals surface area contributed by atoms with Crippen LogP contribution in [-0.4, -0.2) is 15.2 Å². The summed E-state index contributed by atoms with van der Waals surface area (Å²) >= 11 is 15.0. The maximum Gasteiger partial charge on any atom is 0.308 e. The van der Waals surface area contributed by atoms with Gasteiger partial charge in [-0.05, 0) is 42.9 Å². The molecule has 1 aromatic heterocycles. The lowest BCUT2D eigenvalue weighted by Crippen LogP contribution is -2.39. The van der Waals surface area contributed by atoms with Crippen LogP contribution in [0, 0.1) is 11.8 Å². The molecule has 2 heterocycles. The van der Waals surface area contributed by atoms with Crippen LogP contribution in [0.3, 0.4) is 0 Å². The first-order valence-corrected chi connectivity index (χ1v) is 12.2. The quantitative estimate of drug-likeness (QED) is 0.575. The molecule has 2 aliphatic rings. The number of rotatable bonds is 3. The highest BCUT2D eigenvalue weighted by Gasteiger charge is 2.47. The van der Waals surface area contributed by atoms with E-state index in [9.17, 15) is 9.59 Å². The van der Waals surface area contributed by atoms with Crippen molar-refractivity contribution in [1.82, 2.24) is 4.57 Å². The summed E-state index contributed by atoms with van der Waals surface area (Å²) in [6.45, 7) is 6.85. The van der Waals surface area contributed by atoms with Gasteiger partial charge in [-0.3, -0.25) is 14.2 Å². The van der Waals surface area contributed by atoms with E-state index in [1.165, 1.54) is 29.1 Å². The van der Waals surface area contributed by atoms with Crippen LogP contribution >= 0.6 is 46.3 Å². The molecule has 0 spiro atoms. The Bertz CT molecular complexity index is 1010. The zero-order valence-corrected chi connectivity index (χ0v) is 19.8. The highest BCUT2D eigenvalue weighted by molar-refractivity contribution is 8.00. The number of carbonyl (C=O) groups is 1. The fourth-order valence-electron chi connectivity index (χ4n) is 4.63. The van der Waals surface area contributed by atoms with E-state index < -0.39 is 0 Å². The van der Waals surface area contributed by atoms with E-state index in [-0.39, 0.29) is 22.1 Å². The van der Waals surface area contributed by atoms with Gasteiger partial charge in [0.1, 0.15) is 6.54 Å². The standard InChI is InChI=1S/C21H24Cl2N2O2S2/c1-11-4-6-14-13(8-11)18-19(29-21(14,2)3)25(20(27)28-18)10-17(26)24-12-5-7-15(22)16(23)9-12/h5,7,9,11,13-14H,4,6,8,10H2,1-3H3,(H,24,26)/t11-,13-,14-/m0/s1. The van der Waals surface area contributed by atoms with Crippen LogP contribution in [0.1, 0.15) is 50.8 Å². The van der Waals surface area contributed by atoms with Crippen LogP contribution in [0.4, 0.5) is 5.69 Å². The van der Waals surface area contributed by atoms with E-state index in [0.29, 0.717) is 33.5 Å². The topological polar surface area (TPSA) is 51.1 Å². The third-order valence-corrected chi connectivity index (χ3v) is 9.52. The van der Waals surface area contributed by atoms with E-state index in [4.69, 9.17) is 23.2 Å². The molecule has 1 saturated carbocycles. The Morgan fingerprint density at radius 1 is 1.28 bits per heavy atom. The highest BCUT2D eigenvalue weighted by Crippen LogP contribution is 2.58. The summed E-state index contributed by atoms with van der Waals surface area (Å²) in [5.74, 6) is 1.42. The molecule has 0 bridgehead atoms. The monoisotopic (exact) mass is 470 g/mol. The summed E-state index contributed by atoms with van der Waals surface area (Å²) in [4.78, 5) is 26.6. The number of anilines is 1. The van der Waals surface area contributed by atoms with Crippen molar-refractivity contribution >= 4 is 57.9 Å². The lowest BCUT2D eigenvalue weighted by molar-refractivity contribution is -0.116. The Labute approximate surface area is 189 Å². The molecule has 156 valence electrons. The average molecular weight is 471 g/mol. The van der Waals surface area contributed by atoms with Gasteiger partial charge in [-0.2, -0.15) is 0 Å². The van der Waals surface area contributed by atoms with Gasteiger partial charge in [0, 0.05) is 21.2 Å². The molecule has 0 unspecified atom stereocenters. The number of fused-ring (bicyclic) bond motifs is 3. The van der Waals surface area contributed by atoms with Gasteiger partial charge < -0.3 is 5.32 Å². The lowest BCUT2D eigenvalue weighted by Gasteiger charge is -2.47. The normalized spacial score (nSPS) is 25.2. The van der Waals surface area contributed by atoms with Crippen LogP contribution in [0.2, 0.25) is 10.0 Å². The molecule has 3 atom stereocenters. The fourth-order valence-corrected chi connectivity index (χ4v) is 7.74. The van der Waals surface area contributed by atoms with Crippen molar-refractivity contribution in [3.63, 3.8) is 0 Å². The van der Waals surface area contributed by atoms with Gasteiger partial charge in [0.15, 0.2) is 0 Å². The highest BCUT2D eigenvalue weighted by atomic mass is 35.5. The third-order valence-electron chi connectivity index (χ3n) is 6.08. The van der Waals surface area contributed by atoms with Gasteiger partial charge in [-0.25, -0.2) is 0 Å². The van der Waals surface area contributed by atoms with Crippen molar-refractivity contribution in [1.29, 1.82) is 0 Å². The molecule has 4 nitrogen and oxygen atoms in total. The first-order valence-electron chi connectivity index (χ1n) is 9.83. The maximum absolute atomic E-state index is 12.8. The molecule has 0 saturated heterocycles. The zero-order valence-electron chi connectivity index (χ0n) is 16.6. The Hall–Kier alpha value is -0.950. The van der Waals surface area contributed by atoms with Crippen LogP contribution in [0.25, 0.3) is 0 Å². The Morgan fingerprint density at radius 3 is 2.76 bits per heavy atom. The Kier molecular flexibility index (Phi) is 5.84. The van der Waals surface area contributed by atoms with Crippen molar-refractivity contribution in [3.05, 3.63) is 42.8 Å². The molecule has 1 N–H and O–H groups in total. The molecule has 1 fully saturated rings. The summed E-state index contributed by atoms with van der Waals surface area (Å²) in [5, 5.41) is 4.61. The van der Waals surface area contributed by atoms with E-state index in [1.54, 1.807) is 34.5 Å². The van der Waals surface area contributed by atoms with Gasteiger partial charge in [-0.1, -0.05) is 61.7 Å². The second-order valence-electron chi connectivity index (χ2n) is 8.64. The minimum Gasteiger partial charge on any atom is -0.324 e. The molecule has 1 aromatic carbocycles. The number of halogens is 2. The zero-order chi connectivity index (χ0) is 20.9. The Morgan fingerprint density at radius 2 is 2.03 bits per heavy atom. The minimum atomic E-state index is -0.247. The van der Waals surface area contributed by atoms with E-state index >= 15 is 0 Å². The molecule has 8 heteroatoms. The second-order valence-corrected chi connectivity index (χ2v) is 12.1. The number of hydrogen-bond donors (Lipinski definition) is 1. The minimum absolute atomic E-state index is 0.000925. The van der Waals surface area contributed by atoms with Crippen LogP contribution in [0.15, 0.2) is 28.0 Å². The Balaban J connectivity index is 1.60. The van der Waals surface area contributed by atoms with E-state index in [0.717, 1.165) is 11.4 Å². The van der Waals surface area contributed by atoms with Crippen LogP contribution < -0.4 is 10.2 Å². The predicted octanol–water partition coefficient (Wildman–Crippen LogP) is 6.26. The molecule has 1 aliphatic heterocycles. The molecular weight excluding hydrogens is 447 g/mol. The number of aromatic nitrogens is 1. The number of amides is 1. The molecule has 1 aliphatic carbocycles. The van der Waals surface area contributed by atoms with Crippen LogP contribution in [0.5, 0.6) is 0 Å². The van der Waals surface area contributed by atoms with Gasteiger partial charge >= 0.3 is 4.87 Å². The number of thiazole rings is 1. The van der Waals surface area contributed by atoms with Gasteiger partial charge in [0.05, 0.1) is 15.1 Å². The van der Waals surface area contributed by atoms with Crippen molar-refractivity contribution in [2.75, 3.05) is 5.32 Å². The molecular formula is C21H24Cl2N2O2S2. The van der Waals surface area contributed by atoms with Crippen LogP contribution in [-0.2, 0) is 11.3 Å². The summed E-state index contributed by atoms with van der Waals surface area (Å²) in [7, 11) is 0. The summed E-state index contributed by atoms with van der Waals surface area (Å²) in [6, 6.07) is 4.95. The van der Waals surface area contributed by atoms with E-state index in [2.05, 4.69) is 26.1 Å². The van der Waals surface area contributed by atoms with Gasteiger partial charge in [0.2, 0.25) is 5.91 Å². The summed E-state index contributed by atoms with van der Waals surface area (Å²) < 4.78 is 1.70. The van der Waals surface area contributed by atoms with Crippen molar-refractivity contribution in [2.45, 2.75) is 62.3 Å². The largest absolute Gasteiger partial charge is 0.324 e. The number of nitrogens with one attached hydrogen (secondary N) is 1. The number of thioether (sulfide) groups is 1. The van der Waals surface area contributed by atoms with Crippen molar-refractivity contribution < 1.29 is 4.79 Å². The number of nitrogens with zero attached hydrogens (tertiary/aromatic N) is 1. The lowest BCUT2D eigenvalue weighted by atomic mass is 9.69. The predicted molar refractivity (Wildman–Crippen MR) is 123 cm³/mol. The molecule has 0 radical (unpaired) electrons. The molecule has 4 rings (SSSR count). The summed E-state index contributed by atoms with van der Waals surface area (Å²) in [5.41, 5.74) is 0.565. The number of benzene rings is 1. The van der Waals surface area contributed by atoms with Gasteiger partial charge in [0.25, 0.3) is 0 Å². The van der Waals surface area contributed by atoms with Crippen molar-refractivity contribution in [3.8, 4) is 0 Å². The first-order chi connectivity index (χ1) is 13.7.